The highest BCUT2D eigenvalue weighted by molar-refractivity contribution is 5.23. The van der Waals surface area contributed by atoms with Gasteiger partial charge in [-0.3, -0.25) is 4.90 Å². The zero-order valence-electron chi connectivity index (χ0n) is 10.00. The molecule has 0 bridgehead atoms. The van der Waals surface area contributed by atoms with E-state index >= 15 is 0 Å². The van der Waals surface area contributed by atoms with Crippen molar-refractivity contribution in [1.82, 2.24) is 4.90 Å². The zero-order valence-corrected chi connectivity index (χ0v) is 10.00. The number of nitrogens with zero attached hydrogens (tertiary/aromatic N) is 1. The predicted octanol–water partition coefficient (Wildman–Crippen LogP) is 2.45. The number of hydrogen-bond donors (Lipinski definition) is 1. The fourth-order valence-corrected chi connectivity index (χ4v) is 2.56. The quantitative estimate of drug-likeness (QED) is 0.817. The largest absolute Gasteiger partial charge is 0.326 e. The van der Waals surface area contributed by atoms with Crippen molar-refractivity contribution in [2.45, 2.75) is 31.3 Å². The van der Waals surface area contributed by atoms with Gasteiger partial charge in [-0.15, -0.1) is 0 Å². The molecule has 0 amide bonds. The van der Waals surface area contributed by atoms with E-state index in [0.717, 1.165) is 31.4 Å². The summed E-state index contributed by atoms with van der Waals surface area (Å²) in [7, 11) is 1.98. The normalized spacial score (nSPS) is 26.8. The van der Waals surface area contributed by atoms with Gasteiger partial charge in [0.05, 0.1) is 0 Å². The molecule has 4 heteroatoms. The third-order valence-corrected chi connectivity index (χ3v) is 3.46. The van der Waals surface area contributed by atoms with Gasteiger partial charge in [0.25, 0.3) is 0 Å². The van der Waals surface area contributed by atoms with Crippen LogP contribution in [0.1, 0.15) is 30.9 Å². The molecule has 0 radical (unpaired) electrons. The maximum Gasteiger partial charge on any atom is 0.159 e. The molecule has 1 aliphatic heterocycles. The monoisotopic (exact) mass is 240 g/mol. The van der Waals surface area contributed by atoms with Crippen molar-refractivity contribution in [3.63, 3.8) is 0 Å². The van der Waals surface area contributed by atoms with Crippen LogP contribution in [-0.2, 0) is 0 Å². The van der Waals surface area contributed by atoms with E-state index in [4.69, 9.17) is 5.73 Å². The zero-order chi connectivity index (χ0) is 12.4. The van der Waals surface area contributed by atoms with Gasteiger partial charge < -0.3 is 5.73 Å². The summed E-state index contributed by atoms with van der Waals surface area (Å²) in [4.78, 5) is 2.13. The highest BCUT2D eigenvalue weighted by atomic mass is 19.2. The molecule has 0 aliphatic carbocycles. The Bertz CT molecular complexity index is 383. The number of nitrogens with two attached hydrogens (primary N) is 1. The molecule has 0 saturated carbocycles. The number of hydrogen-bond acceptors (Lipinski definition) is 2. The lowest BCUT2D eigenvalue weighted by molar-refractivity contribution is 0.229. The molecule has 0 spiro atoms. The molecule has 17 heavy (non-hydrogen) atoms. The Morgan fingerprint density at radius 1 is 1.24 bits per heavy atom. The highest BCUT2D eigenvalue weighted by Crippen LogP contribution is 2.28. The minimum Gasteiger partial charge on any atom is -0.326 e. The van der Waals surface area contributed by atoms with Gasteiger partial charge in [0.2, 0.25) is 0 Å². The van der Waals surface area contributed by atoms with Gasteiger partial charge in [0.1, 0.15) is 0 Å². The first-order valence-electron chi connectivity index (χ1n) is 6.00. The van der Waals surface area contributed by atoms with Gasteiger partial charge in [0.15, 0.2) is 11.6 Å². The van der Waals surface area contributed by atoms with Crippen molar-refractivity contribution in [3.8, 4) is 0 Å². The number of halogens is 2. The Balaban J connectivity index is 2.31. The van der Waals surface area contributed by atoms with Crippen LogP contribution in [0.3, 0.4) is 0 Å². The molecule has 2 rings (SSSR count). The number of rotatable bonds is 1. The molecular formula is C13H18F2N2. The molecule has 1 aromatic rings. The SMILES string of the molecule is CN1CCCCC(N)C1c1ccc(F)c(F)c1. The molecule has 2 nitrogen and oxygen atoms in total. The van der Waals surface area contributed by atoms with Crippen LogP contribution in [0.15, 0.2) is 18.2 Å². The molecule has 2 unspecified atom stereocenters. The maximum absolute atomic E-state index is 13.3. The molecule has 1 aliphatic rings. The van der Waals surface area contributed by atoms with Crippen LogP contribution >= 0.6 is 0 Å². The number of likely N-dealkylation sites (tertiary alicyclic amines) is 1. The molecule has 1 saturated heterocycles. The highest BCUT2D eigenvalue weighted by Gasteiger charge is 2.26. The second kappa shape index (κ2) is 5.10. The first kappa shape index (κ1) is 12.5. The minimum absolute atomic E-state index is 0.0207. The van der Waals surface area contributed by atoms with Crippen LogP contribution in [0.5, 0.6) is 0 Å². The lowest BCUT2D eigenvalue weighted by atomic mass is 9.96. The molecule has 1 aromatic carbocycles. The van der Waals surface area contributed by atoms with Crippen molar-refractivity contribution in [2.24, 2.45) is 5.73 Å². The summed E-state index contributed by atoms with van der Waals surface area (Å²) in [6.45, 7) is 0.942. The fourth-order valence-electron chi connectivity index (χ4n) is 2.56. The molecule has 2 atom stereocenters. The second-order valence-corrected chi connectivity index (χ2v) is 4.76. The molecule has 94 valence electrons. The summed E-state index contributed by atoms with van der Waals surface area (Å²) in [5.74, 6) is -1.61. The summed E-state index contributed by atoms with van der Waals surface area (Å²) in [5.41, 5.74) is 6.90. The van der Waals surface area contributed by atoms with Crippen molar-refractivity contribution in [2.75, 3.05) is 13.6 Å². The van der Waals surface area contributed by atoms with E-state index in [2.05, 4.69) is 4.90 Å². The van der Waals surface area contributed by atoms with Crippen LogP contribution in [0, 0.1) is 11.6 Å². The average Bonchev–Trinajstić information content (AvgIpc) is 2.45. The lowest BCUT2D eigenvalue weighted by Crippen LogP contribution is -2.37. The first-order chi connectivity index (χ1) is 8.09. The standard InChI is InChI=1S/C13H18F2N2/c1-17-7-3-2-4-12(16)13(17)9-5-6-10(14)11(15)8-9/h5-6,8,12-13H,2-4,7,16H2,1H3. The average molecular weight is 240 g/mol. The maximum atomic E-state index is 13.3. The van der Waals surface area contributed by atoms with Gasteiger partial charge in [-0.1, -0.05) is 12.5 Å². The topological polar surface area (TPSA) is 29.3 Å². The third kappa shape index (κ3) is 2.64. The summed E-state index contributed by atoms with van der Waals surface area (Å²) in [6.07, 6.45) is 3.12. The molecular weight excluding hydrogens is 222 g/mol. The Labute approximate surface area is 100 Å². The molecule has 1 fully saturated rings. The van der Waals surface area contributed by atoms with E-state index in [1.54, 1.807) is 6.07 Å². The van der Waals surface area contributed by atoms with Gasteiger partial charge in [-0.2, -0.15) is 0 Å². The number of likely N-dealkylation sites (N-methyl/N-ethyl adjacent to an activating group) is 1. The first-order valence-corrected chi connectivity index (χ1v) is 6.00. The fraction of sp³-hybridized carbons (Fsp3) is 0.538. The smallest absolute Gasteiger partial charge is 0.159 e. The van der Waals surface area contributed by atoms with Gasteiger partial charge in [0, 0.05) is 12.1 Å². The summed E-state index contributed by atoms with van der Waals surface area (Å²) < 4.78 is 26.2. The Kier molecular flexibility index (Phi) is 3.74. The Morgan fingerprint density at radius 2 is 2.00 bits per heavy atom. The lowest BCUT2D eigenvalue weighted by Gasteiger charge is -2.30. The number of benzene rings is 1. The van der Waals surface area contributed by atoms with Gasteiger partial charge in [-0.05, 0) is 44.1 Å². The Morgan fingerprint density at radius 3 is 2.71 bits per heavy atom. The molecule has 2 N–H and O–H groups in total. The van der Waals surface area contributed by atoms with Crippen LogP contribution in [-0.4, -0.2) is 24.5 Å². The molecule has 0 aromatic heterocycles. The van der Waals surface area contributed by atoms with Gasteiger partial charge in [-0.25, -0.2) is 8.78 Å². The second-order valence-electron chi connectivity index (χ2n) is 4.76. The minimum atomic E-state index is -0.807. The van der Waals surface area contributed by atoms with E-state index in [1.807, 2.05) is 7.05 Å². The molecule has 1 heterocycles. The predicted molar refractivity (Wildman–Crippen MR) is 63.6 cm³/mol. The van der Waals surface area contributed by atoms with E-state index in [1.165, 1.54) is 12.1 Å². The summed E-state index contributed by atoms with van der Waals surface area (Å²) in [5, 5.41) is 0. The summed E-state index contributed by atoms with van der Waals surface area (Å²) in [6, 6.07) is 4.03. The van der Waals surface area contributed by atoms with E-state index in [-0.39, 0.29) is 12.1 Å². The van der Waals surface area contributed by atoms with Crippen molar-refractivity contribution in [3.05, 3.63) is 35.4 Å². The van der Waals surface area contributed by atoms with Crippen LogP contribution in [0.25, 0.3) is 0 Å². The summed E-state index contributed by atoms with van der Waals surface area (Å²) >= 11 is 0. The van der Waals surface area contributed by atoms with Gasteiger partial charge >= 0.3 is 0 Å². The van der Waals surface area contributed by atoms with Crippen LogP contribution < -0.4 is 5.73 Å². The Hall–Kier alpha value is -1.00. The van der Waals surface area contributed by atoms with Crippen LogP contribution in [0.4, 0.5) is 8.78 Å². The van der Waals surface area contributed by atoms with Crippen molar-refractivity contribution >= 4 is 0 Å². The van der Waals surface area contributed by atoms with Crippen LogP contribution in [0.2, 0.25) is 0 Å². The van der Waals surface area contributed by atoms with Crippen molar-refractivity contribution in [1.29, 1.82) is 0 Å². The van der Waals surface area contributed by atoms with E-state index in [0.29, 0.717) is 0 Å². The van der Waals surface area contributed by atoms with Crippen molar-refractivity contribution < 1.29 is 8.78 Å². The third-order valence-electron chi connectivity index (χ3n) is 3.46. The van der Waals surface area contributed by atoms with E-state index < -0.39 is 11.6 Å². The van der Waals surface area contributed by atoms with E-state index in [9.17, 15) is 8.78 Å².